The Kier molecular flexibility index (Phi) is 3.96. The average Bonchev–Trinajstić information content (AvgIpc) is 2.12. The van der Waals surface area contributed by atoms with E-state index in [0.29, 0.717) is 11.4 Å². The van der Waals surface area contributed by atoms with Crippen LogP contribution in [-0.4, -0.2) is 24.9 Å². The van der Waals surface area contributed by atoms with Crippen LogP contribution in [0.1, 0.15) is 5.56 Å². The summed E-state index contributed by atoms with van der Waals surface area (Å²) in [6.45, 7) is 0. The fourth-order valence-electron chi connectivity index (χ4n) is 1.01. The Hall–Kier alpha value is -0.540. The van der Waals surface area contributed by atoms with Crippen LogP contribution in [0.5, 0.6) is 0 Å². The first-order chi connectivity index (χ1) is 6.52. The van der Waals surface area contributed by atoms with Crippen molar-refractivity contribution in [3.8, 4) is 0 Å². The molecule has 0 atom stereocenters. The molecule has 0 aliphatic heterocycles. The van der Waals surface area contributed by atoms with Gasteiger partial charge >= 0.3 is 0 Å². The van der Waals surface area contributed by atoms with Gasteiger partial charge in [-0.25, -0.2) is 0 Å². The van der Waals surface area contributed by atoms with Crippen molar-refractivity contribution in [2.75, 3.05) is 14.1 Å². The van der Waals surface area contributed by atoms with Gasteiger partial charge in [-0.05, 0) is 27.6 Å². The Labute approximate surface area is 97.0 Å². The third kappa shape index (κ3) is 2.72. The molecule has 0 spiro atoms. The molecule has 0 aliphatic rings. The summed E-state index contributed by atoms with van der Waals surface area (Å²) in [6, 6.07) is 5.51. The van der Waals surface area contributed by atoms with Crippen LogP contribution in [0.4, 0.5) is 0 Å². The molecule has 0 radical (unpaired) electrons. The Morgan fingerprint density at radius 2 is 2.14 bits per heavy atom. The Morgan fingerprint density at radius 1 is 1.50 bits per heavy atom. The van der Waals surface area contributed by atoms with E-state index in [4.69, 9.17) is 11.6 Å². The summed E-state index contributed by atoms with van der Waals surface area (Å²) in [7, 11) is 3.47. The lowest BCUT2D eigenvalue weighted by atomic mass is 10.1. The summed E-state index contributed by atoms with van der Waals surface area (Å²) >= 11 is 9.26. The van der Waals surface area contributed by atoms with Crippen molar-refractivity contribution in [1.29, 1.82) is 0 Å². The van der Waals surface area contributed by atoms with E-state index in [0.717, 1.165) is 10.0 Å². The summed E-state index contributed by atoms with van der Waals surface area (Å²) in [5.41, 5.74) is 0.913. The molecule has 0 heterocycles. The average molecular weight is 277 g/mol. The van der Waals surface area contributed by atoms with Crippen LogP contribution in [0, 0.1) is 0 Å². The molecule has 1 amide bonds. The predicted molar refractivity (Wildman–Crippen MR) is 61.6 cm³/mol. The molecule has 76 valence electrons. The second-order valence-electron chi connectivity index (χ2n) is 3.18. The maximum atomic E-state index is 11.4. The minimum absolute atomic E-state index is 0.0629. The number of likely N-dealkylation sites (N-methyl/N-ethyl adjacent to an activating group) is 1. The van der Waals surface area contributed by atoms with Crippen molar-refractivity contribution < 1.29 is 4.79 Å². The van der Waals surface area contributed by atoms with Gasteiger partial charge in [0, 0.05) is 18.6 Å². The predicted octanol–water partition coefficient (Wildman–Crippen LogP) is 2.73. The van der Waals surface area contributed by atoms with E-state index >= 15 is 0 Å². The highest BCUT2D eigenvalue weighted by atomic mass is 79.9. The van der Waals surface area contributed by atoms with E-state index < -0.39 is 0 Å². The molecule has 14 heavy (non-hydrogen) atoms. The van der Waals surface area contributed by atoms with Crippen LogP contribution < -0.4 is 0 Å². The van der Waals surface area contributed by atoms with Crippen molar-refractivity contribution in [1.82, 2.24) is 4.90 Å². The SMILES string of the molecule is CN(C)C(=O)Cc1cccc(Cl)c1Br. The van der Waals surface area contributed by atoms with Crippen LogP contribution in [0.2, 0.25) is 5.02 Å². The van der Waals surface area contributed by atoms with Crippen molar-refractivity contribution in [3.63, 3.8) is 0 Å². The summed E-state index contributed by atoms with van der Waals surface area (Å²) < 4.78 is 0.803. The lowest BCUT2D eigenvalue weighted by molar-refractivity contribution is -0.127. The Bertz CT molecular complexity index is 352. The van der Waals surface area contributed by atoms with Gasteiger partial charge in [0.25, 0.3) is 0 Å². The number of halogens is 2. The van der Waals surface area contributed by atoms with Gasteiger partial charge in [-0.15, -0.1) is 0 Å². The first-order valence-corrected chi connectivity index (χ1v) is 5.32. The molecule has 1 aromatic carbocycles. The van der Waals surface area contributed by atoms with E-state index in [1.807, 2.05) is 12.1 Å². The number of amides is 1. The van der Waals surface area contributed by atoms with Crippen LogP contribution in [0.15, 0.2) is 22.7 Å². The van der Waals surface area contributed by atoms with E-state index in [1.54, 1.807) is 25.1 Å². The zero-order valence-electron chi connectivity index (χ0n) is 8.05. The number of hydrogen-bond acceptors (Lipinski definition) is 1. The fraction of sp³-hybridized carbons (Fsp3) is 0.300. The lowest BCUT2D eigenvalue weighted by Crippen LogP contribution is -2.23. The van der Waals surface area contributed by atoms with Crippen LogP contribution in [0.25, 0.3) is 0 Å². The minimum atomic E-state index is 0.0629. The molecule has 0 saturated heterocycles. The van der Waals surface area contributed by atoms with E-state index in [-0.39, 0.29) is 5.91 Å². The molecule has 0 fully saturated rings. The summed E-state index contributed by atoms with van der Waals surface area (Å²) in [5.74, 6) is 0.0629. The Balaban J connectivity index is 2.87. The van der Waals surface area contributed by atoms with Crippen molar-refractivity contribution in [3.05, 3.63) is 33.3 Å². The lowest BCUT2D eigenvalue weighted by Gasteiger charge is -2.11. The normalized spacial score (nSPS) is 10.0. The van der Waals surface area contributed by atoms with E-state index in [1.165, 1.54) is 0 Å². The Morgan fingerprint density at radius 3 is 2.71 bits per heavy atom. The summed E-state index contributed by atoms with van der Waals surface area (Å²) in [4.78, 5) is 13.0. The number of rotatable bonds is 2. The fourth-order valence-corrected chi connectivity index (χ4v) is 1.60. The number of hydrogen-bond donors (Lipinski definition) is 0. The van der Waals surface area contributed by atoms with Gasteiger partial charge in [-0.3, -0.25) is 4.79 Å². The van der Waals surface area contributed by atoms with Gasteiger partial charge in [0.2, 0.25) is 5.91 Å². The molecule has 0 N–H and O–H groups in total. The second kappa shape index (κ2) is 4.80. The number of benzene rings is 1. The standard InChI is InChI=1S/C10H11BrClNO/c1-13(2)9(14)6-7-4-3-5-8(12)10(7)11/h3-5H,6H2,1-2H3. The monoisotopic (exact) mass is 275 g/mol. The third-order valence-corrected chi connectivity index (χ3v) is 3.35. The minimum Gasteiger partial charge on any atom is -0.349 e. The maximum Gasteiger partial charge on any atom is 0.226 e. The van der Waals surface area contributed by atoms with Gasteiger partial charge in [-0.1, -0.05) is 23.7 Å². The maximum absolute atomic E-state index is 11.4. The molecular formula is C10H11BrClNO. The highest BCUT2D eigenvalue weighted by Gasteiger charge is 2.09. The molecule has 1 aromatic rings. The molecule has 4 heteroatoms. The zero-order valence-corrected chi connectivity index (χ0v) is 10.4. The smallest absolute Gasteiger partial charge is 0.226 e. The number of carbonyl (C=O) groups is 1. The molecule has 0 aromatic heterocycles. The first-order valence-electron chi connectivity index (χ1n) is 4.15. The molecular weight excluding hydrogens is 265 g/mol. The topological polar surface area (TPSA) is 20.3 Å². The largest absolute Gasteiger partial charge is 0.349 e. The first kappa shape index (κ1) is 11.5. The molecule has 1 rings (SSSR count). The zero-order chi connectivity index (χ0) is 10.7. The molecule has 0 saturated carbocycles. The summed E-state index contributed by atoms with van der Waals surface area (Å²) in [5, 5.41) is 0.633. The quantitative estimate of drug-likeness (QED) is 0.813. The van der Waals surface area contributed by atoms with Gasteiger partial charge in [0.1, 0.15) is 0 Å². The van der Waals surface area contributed by atoms with Gasteiger partial charge in [-0.2, -0.15) is 0 Å². The van der Waals surface area contributed by atoms with Crippen LogP contribution >= 0.6 is 27.5 Å². The van der Waals surface area contributed by atoms with Crippen molar-refractivity contribution in [2.24, 2.45) is 0 Å². The second-order valence-corrected chi connectivity index (χ2v) is 4.38. The van der Waals surface area contributed by atoms with Crippen molar-refractivity contribution in [2.45, 2.75) is 6.42 Å². The highest BCUT2D eigenvalue weighted by Crippen LogP contribution is 2.26. The summed E-state index contributed by atoms with van der Waals surface area (Å²) in [6.07, 6.45) is 0.369. The number of nitrogens with zero attached hydrogens (tertiary/aromatic N) is 1. The third-order valence-electron chi connectivity index (χ3n) is 1.87. The van der Waals surface area contributed by atoms with E-state index in [9.17, 15) is 4.79 Å². The van der Waals surface area contributed by atoms with Gasteiger partial charge in [0.05, 0.1) is 11.4 Å². The van der Waals surface area contributed by atoms with E-state index in [2.05, 4.69) is 15.9 Å². The van der Waals surface area contributed by atoms with Crippen LogP contribution in [0.3, 0.4) is 0 Å². The molecule has 0 unspecified atom stereocenters. The molecule has 0 aliphatic carbocycles. The highest BCUT2D eigenvalue weighted by molar-refractivity contribution is 9.10. The van der Waals surface area contributed by atoms with Gasteiger partial charge in [0.15, 0.2) is 0 Å². The molecule has 2 nitrogen and oxygen atoms in total. The van der Waals surface area contributed by atoms with Crippen LogP contribution in [-0.2, 0) is 11.2 Å². The van der Waals surface area contributed by atoms with Crippen molar-refractivity contribution >= 4 is 33.4 Å². The van der Waals surface area contributed by atoms with Gasteiger partial charge < -0.3 is 4.90 Å². The number of carbonyl (C=O) groups excluding carboxylic acids is 1. The molecule has 0 bridgehead atoms.